The van der Waals surface area contributed by atoms with Crippen LogP contribution in [0.25, 0.3) is 0 Å². The van der Waals surface area contributed by atoms with E-state index in [2.05, 4.69) is 5.32 Å². The first-order chi connectivity index (χ1) is 9.01. The maximum absolute atomic E-state index is 13.7. The maximum Gasteiger partial charge on any atom is 0.326 e. The normalized spacial score (nSPS) is 17.8. The molecule has 1 unspecified atom stereocenters. The average molecular weight is 266 g/mol. The second-order valence-corrected chi connectivity index (χ2v) is 5.11. The number of halogens is 1. The van der Waals surface area contributed by atoms with Gasteiger partial charge in [0.1, 0.15) is 11.4 Å². The zero-order valence-electron chi connectivity index (χ0n) is 11.2. The average Bonchev–Trinajstić information content (AvgIpc) is 3.20. The van der Waals surface area contributed by atoms with Gasteiger partial charge in [0.25, 0.3) is 0 Å². The number of nitrogens with zero attached hydrogens (tertiary/aromatic N) is 1. The van der Waals surface area contributed by atoms with Crippen LogP contribution < -0.4 is 10.2 Å². The van der Waals surface area contributed by atoms with Crippen LogP contribution in [-0.2, 0) is 4.79 Å². The minimum absolute atomic E-state index is 0.115. The van der Waals surface area contributed by atoms with E-state index >= 15 is 0 Å². The maximum atomic E-state index is 13.7. The topological polar surface area (TPSA) is 52.6 Å². The first-order valence-corrected chi connectivity index (χ1v) is 6.39. The Balaban J connectivity index is 2.22. The van der Waals surface area contributed by atoms with E-state index in [4.69, 9.17) is 0 Å². The van der Waals surface area contributed by atoms with Gasteiger partial charge in [-0.3, -0.25) is 4.79 Å². The first-order valence-electron chi connectivity index (χ1n) is 6.39. The second-order valence-electron chi connectivity index (χ2n) is 5.11. The van der Waals surface area contributed by atoms with Crippen LogP contribution in [0.1, 0.15) is 12.8 Å². The molecule has 1 saturated carbocycles. The van der Waals surface area contributed by atoms with Gasteiger partial charge < -0.3 is 15.3 Å². The molecule has 1 aromatic rings. The molecule has 1 aliphatic rings. The summed E-state index contributed by atoms with van der Waals surface area (Å²) in [5, 5.41) is 12.4. The lowest BCUT2D eigenvalue weighted by molar-refractivity contribution is -0.145. The minimum Gasteiger partial charge on any atom is -0.480 e. The molecular formula is C14H19FN2O2. The van der Waals surface area contributed by atoms with Crippen LogP contribution in [0.5, 0.6) is 0 Å². The standard InChI is InChI=1S/C14H19FN2O2/c1-16-14(13(18)19,10-7-8-10)9-17(2)12-6-4-3-5-11(12)15/h3-6,10,16H,7-9H2,1-2H3,(H,18,19). The van der Waals surface area contributed by atoms with E-state index in [0.717, 1.165) is 12.8 Å². The molecule has 19 heavy (non-hydrogen) atoms. The number of benzene rings is 1. The zero-order chi connectivity index (χ0) is 14.0. The van der Waals surface area contributed by atoms with Crippen molar-refractivity contribution >= 4 is 11.7 Å². The summed E-state index contributed by atoms with van der Waals surface area (Å²) in [4.78, 5) is 13.3. The Morgan fingerprint density at radius 2 is 2.16 bits per heavy atom. The van der Waals surface area contributed by atoms with E-state index < -0.39 is 11.5 Å². The number of likely N-dealkylation sites (N-methyl/N-ethyl adjacent to an activating group) is 2. The lowest BCUT2D eigenvalue weighted by Crippen LogP contribution is -2.59. The van der Waals surface area contributed by atoms with Crippen molar-refractivity contribution < 1.29 is 14.3 Å². The van der Waals surface area contributed by atoms with Crippen molar-refractivity contribution in [3.8, 4) is 0 Å². The van der Waals surface area contributed by atoms with Crippen LogP contribution in [0.3, 0.4) is 0 Å². The summed E-state index contributed by atoms with van der Waals surface area (Å²) in [5.74, 6) is -1.10. The molecule has 0 amide bonds. The Bertz CT molecular complexity index is 476. The molecule has 0 saturated heterocycles. The number of nitrogens with one attached hydrogen (secondary N) is 1. The van der Waals surface area contributed by atoms with E-state index in [1.807, 2.05) is 0 Å². The van der Waals surface area contributed by atoms with Crippen LogP contribution in [0.15, 0.2) is 24.3 Å². The highest BCUT2D eigenvalue weighted by atomic mass is 19.1. The molecule has 1 aromatic carbocycles. The molecule has 4 nitrogen and oxygen atoms in total. The highest BCUT2D eigenvalue weighted by Crippen LogP contribution is 2.40. The van der Waals surface area contributed by atoms with Crippen molar-refractivity contribution in [3.63, 3.8) is 0 Å². The number of carbonyl (C=O) groups is 1. The second kappa shape index (κ2) is 5.17. The van der Waals surface area contributed by atoms with Crippen molar-refractivity contribution in [2.75, 3.05) is 25.5 Å². The number of aliphatic carboxylic acids is 1. The fourth-order valence-corrected chi connectivity index (χ4v) is 2.56. The quantitative estimate of drug-likeness (QED) is 0.823. The summed E-state index contributed by atoms with van der Waals surface area (Å²) in [6.07, 6.45) is 1.80. The number of hydrogen-bond donors (Lipinski definition) is 2. The van der Waals surface area contributed by atoms with Gasteiger partial charge in [0, 0.05) is 13.6 Å². The van der Waals surface area contributed by atoms with Crippen molar-refractivity contribution in [2.45, 2.75) is 18.4 Å². The van der Waals surface area contributed by atoms with Gasteiger partial charge in [0.2, 0.25) is 0 Å². The smallest absolute Gasteiger partial charge is 0.326 e. The number of carboxylic acid groups (broad SMARTS) is 1. The largest absolute Gasteiger partial charge is 0.480 e. The molecule has 1 fully saturated rings. The van der Waals surface area contributed by atoms with E-state index in [0.29, 0.717) is 5.69 Å². The molecule has 0 bridgehead atoms. The molecule has 1 atom stereocenters. The Kier molecular flexibility index (Phi) is 3.75. The van der Waals surface area contributed by atoms with Crippen LogP contribution >= 0.6 is 0 Å². The van der Waals surface area contributed by atoms with Gasteiger partial charge >= 0.3 is 5.97 Å². The molecule has 2 rings (SSSR count). The van der Waals surface area contributed by atoms with E-state index in [1.165, 1.54) is 6.07 Å². The minimum atomic E-state index is -1.00. The van der Waals surface area contributed by atoms with Gasteiger partial charge in [-0.2, -0.15) is 0 Å². The Hall–Kier alpha value is -1.62. The fourth-order valence-electron chi connectivity index (χ4n) is 2.56. The molecule has 0 aliphatic heterocycles. The summed E-state index contributed by atoms with van der Waals surface area (Å²) < 4.78 is 13.7. The van der Waals surface area contributed by atoms with E-state index in [1.54, 1.807) is 37.2 Å². The van der Waals surface area contributed by atoms with Gasteiger partial charge in [-0.05, 0) is 37.9 Å². The van der Waals surface area contributed by atoms with Crippen molar-refractivity contribution in [2.24, 2.45) is 5.92 Å². The van der Waals surface area contributed by atoms with Crippen LogP contribution in [0.2, 0.25) is 0 Å². The van der Waals surface area contributed by atoms with E-state index in [-0.39, 0.29) is 18.3 Å². The summed E-state index contributed by atoms with van der Waals surface area (Å²) in [7, 11) is 3.37. The number of anilines is 1. The highest BCUT2D eigenvalue weighted by molar-refractivity contribution is 5.81. The number of rotatable bonds is 6. The van der Waals surface area contributed by atoms with Crippen molar-refractivity contribution in [1.29, 1.82) is 0 Å². The highest BCUT2D eigenvalue weighted by Gasteiger charge is 2.51. The third kappa shape index (κ3) is 2.56. The lowest BCUT2D eigenvalue weighted by Gasteiger charge is -2.34. The zero-order valence-corrected chi connectivity index (χ0v) is 11.2. The molecule has 0 radical (unpaired) electrons. The third-order valence-electron chi connectivity index (χ3n) is 3.85. The molecule has 0 aromatic heterocycles. The molecule has 2 N–H and O–H groups in total. The monoisotopic (exact) mass is 266 g/mol. The predicted molar refractivity (Wildman–Crippen MR) is 71.8 cm³/mol. The SMILES string of the molecule is CNC(CN(C)c1ccccc1F)(C(=O)O)C1CC1. The van der Waals surface area contributed by atoms with Gasteiger partial charge in [-0.15, -0.1) is 0 Å². The summed E-state index contributed by atoms with van der Waals surface area (Å²) in [6.45, 7) is 0.241. The molecular weight excluding hydrogens is 247 g/mol. The summed E-state index contributed by atoms with van der Waals surface area (Å²) >= 11 is 0. The Morgan fingerprint density at radius 1 is 1.53 bits per heavy atom. The summed E-state index contributed by atoms with van der Waals surface area (Å²) in [5.41, 5.74) is -0.583. The fraction of sp³-hybridized carbons (Fsp3) is 0.500. The van der Waals surface area contributed by atoms with E-state index in [9.17, 15) is 14.3 Å². The molecule has 1 aliphatic carbocycles. The predicted octanol–water partition coefficient (Wildman–Crippen LogP) is 1.71. The Morgan fingerprint density at radius 3 is 2.63 bits per heavy atom. The lowest BCUT2D eigenvalue weighted by atomic mass is 9.92. The van der Waals surface area contributed by atoms with Crippen LogP contribution in [-0.4, -0.2) is 37.3 Å². The Labute approximate surface area is 112 Å². The summed E-state index contributed by atoms with van der Waals surface area (Å²) in [6, 6.07) is 6.40. The molecule has 0 spiro atoms. The number of para-hydroxylation sites is 1. The van der Waals surface area contributed by atoms with Crippen molar-refractivity contribution in [3.05, 3.63) is 30.1 Å². The number of carboxylic acids is 1. The molecule has 104 valence electrons. The van der Waals surface area contributed by atoms with Gasteiger partial charge in [0.05, 0.1) is 5.69 Å². The van der Waals surface area contributed by atoms with Crippen LogP contribution in [0.4, 0.5) is 10.1 Å². The van der Waals surface area contributed by atoms with Crippen molar-refractivity contribution in [1.82, 2.24) is 5.32 Å². The molecule has 5 heteroatoms. The number of hydrogen-bond acceptors (Lipinski definition) is 3. The van der Waals surface area contributed by atoms with Gasteiger partial charge in [-0.25, -0.2) is 4.39 Å². The van der Waals surface area contributed by atoms with Gasteiger partial charge in [0.15, 0.2) is 0 Å². The van der Waals surface area contributed by atoms with Crippen LogP contribution in [0, 0.1) is 11.7 Å². The molecule has 0 heterocycles. The first kappa shape index (κ1) is 13.8. The van der Waals surface area contributed by atoms with Gasteiger partial charge in [-0.1, -0.05) is 12.1 Å². The third-order valence-corrected chi connectivity index (χ3v) is 3.85.